The number of piperazine rings is 1. The number of aliphatic hydroxyl groups excluding tert-OH is 1. The maximum atomic E-state index is 12.6. The van der Waals surface area contributed by atoms with Crippen molar-refractivity contribution in [3.63, 3.8) is 0 Å². The molecular weight excluding hydrogens is 386 g/mol. The van der Waals surface area contributed by atoms with Gasteiger partial charge in [-0.05, 0) is 32.2 Å². The number of hydrogen-bond acceptors (Lipinski definition) is 4. The van der Waals surface area contributed by atoms with E-state index in [9.17, 15) is 9.90 Å². The first kappa shape index (κ1) is 21.5. The molecule has 0 radical (unpaired) electrons. The molecule has 0 unspecified atom stereocenters. The number of aromatic nitrogens is 1. The highest BCUT2D eigenvalue weighted by atomic mass is 16.3. The van der Waals surface area contributed by atoms with E-state index in [-0.39, 0.29) is 5.78 Å². The first-order chi connectivity index (χ1) is 15.0. The van der Waals surface area contributed by atoms with Crippen LogP contribution in [-0.2, 0) is 6.54 Å². The molecule has 3 aromatic rings. The van der Waals surface area contributed by atoms with E-state index in [2.05, 4.69) is 33.5 Å². The fourth-order valence-electron chi connectivity index (χ4n) is 4.15. The molecule has 5 nitrogen and oxygen atoms in total. The fraction of sp³-hybridized carbons (Fsp3) is 0.346. The van der Waals surface area contributed by atoms with Crippen LogP contribution in [0.2, 0.25) is 0 Å². The third-order valence-corrected chi connectivity index (χ3v) is 6.04. The molecule has 1 N–H and O–H groups in total. The summed E-state index contributed by atoms with van der Waals surface area (Å²) in [7, 11) is 2.14. The van der Waals surface area contributed by atoms with Crippen LogP contribution in [0, 0.1) is 6.92 Å². The summed E-state index contributed by atoms with van der Waals surface area (Å²) < 4.78 is 2.10. The third-order valence-electron chi connectivity index (χ3n) is 6.04. The number of carbonyl (C=O) groups is 1. The van der Waals surface area contributed by atoms with Gasteiger partial charge in [-0.25, -0.2) is 0 Å². The largest absolute Gasteiger partial charge is 0.390 e. The number of aryl methyl sites for hydroxylation is 1. The van der Waals surface area contributed by atoms with Gasteiger partial charge in [-0.15, -0.1) is 0 Å². The van der Waals surface area contributed by atoms with Crippen LogP contribution in [0.4, 0.5) is 0 Å². The molecule has 1 aliphatic heterocycles. The zero-order chi connectivity index (χ0) is 21.8. The maximum Gasteiger partial charge on any atom is 0.185 e. The number of hydrogen-bond donors (Lipinski definition) is 1. The van der Waals surface area contributed by atoms with E-state index >= 15 is 0 Å². The van der Waals surface area contributed by atoms with Crippen molar-refractivity contribution in [1.82, 2.24) is 14.4 Å². The molecule has 0 saturated carbocycles. The molecule has 1 aliphatic rings. The van der Waals surface area contributed by atoms with Crippen molar-refractivity contribution in [2.45, 2.75) is 19.6 Å². The number of carbonyl (C=O) groups excluding carboxylic acids is 1. The molecule has 1 aromatic heterocycles. The fourth-order valence-corrected chi connectivity index (χ4v) is 4.15. The SMILES string of the molecule is Cc1ccc(C(=O)/C=C/c2cn(C[C@H](O)CN3CCN(C)CC3)c3ccccc23)cc1. The molecule has 0 aliphatic carbocycles. The average molecular weight is 418 g/mol. The van der Waals surface area contributed by atoms with Crippen LogP contribution >= 0.6 is 0 Å². The van der Waals surface area contributed by atoms with Crippen molar-refractivity contribution in [3.05, 3.63) is 77.5 Å². The highest BCUT2D eigenvalue weighted by molar-refractivity contribution is 6.07. The van der Waals surface area contributed by atoms with Gasteiger partial charge < -0.3 is 14.6 Å². The Hall–Kier alpha value is -2.73. The summed E-state index contributed by atoms with van der Waals surface area (Å²) in [6, 6.07) is 15.8. The van der Waals surface area contributed by atoms with Crippen molar-refractivity contribution >= 4 is 22.8 Å². The summed E-state index contributed by atoms with van der Waals surface area (Å²) >= 11 is 0. The van der Waals surface area contributed by atoms with Crippen LogP contribution < -0.4 is 0 Å². The zero-order valence-electron chi connectivity index (χ0n) is 18.4. The van der Waals surface area contributed by atoms with Crippen LogP contribution in [0.25, 0.3) is 17.0 Å². The Morgan fingerprint density at radius 1 is 1.03 bits per heavy atom. The quantitative estimate of drug-likeness (QED) is 0.473. The summed E-state index contributed by atoms with van der Waals surface area (Å²) in [5.74, 6) is -0.00747. The van der Waals surface area contributed by atoms with Crippen LogP contribution in [0.1, 0.15) is 21.5 Å². The van der Waals surface area contributed by atoms with Crippen LogP contribution in [0.15, 0.2) is 60.8 Å². The van der Waals surface area contributed by atoms with Gasteiger partial charge in [0.15, 0.2) is 5.78 Å². The second-order valence-electron chi connectivity index (χ2n) is 8.58. The van der Waals surface area contributed by atoms with Crippen molar-refractivity contribution < 1.29 is 9.90 Å². The van der Waals surface area contributed by atoms with E-state index in [1.165, 1.54) is 0 Å². The minimum Gasteiger partial charge on any atom is -0.390 e. The lowest BCUT2D eigenvalue weighted by atomic mass is 10.1. The smallest absolute Gasteiger partial charge is 0.185 e. The average Bonchev–Trinajstić information content (AvgIpc) is 3.11. The number of nitrogens with zero attached hydrogens (tertiary/aromatic N) is 3. The molecule has 1 saturated heterocycles. The van der Waals surface area contributed by atoms with Gasteiger partial charge >= 0.3 is 0 Å². The first-order valence-electron chi connectivity index (χ1n) is 11.0. The number of rotatable bonds is 7. The number of fused-ring (bicyclic) bond motifs is 1. The predicted octanol–water partition coefficient (Wildman–Crippen LogP) is 3.45. The molecule has 31 heavy (non-hydrogen) atoms. The lowest BCUT2D eigenvalue weighted by Gasteiger charge is -2.33. The second kappa shape index (κ2) is 9.60. The Kier molecular flexibility index (Phi) is 6.66. The van der Waals surface area contributed by atoms with Crippen LogP contribution in [0.3, 0.4) is 0 Å². The normalized spacial score (nSPS) is 16.9. The highest BCUT2D eigenvalue weighted by Crippen LogP contribution is 2.23. The molecule has 0 amide bonds. The lowest BCUT2D eigenvalue weighted by molar-refractivity contribution is 0.0717. The van der Waals surface area contributed by atoms with E-state index in [0.29, 0.717) is 18.7 Å². The predicted molar refractivity (Wildman–Crippen MR) is 126 cm³/mol. The van der Waals surface area contributed by atoms with Gasteiger partial charge in [0.05, 0.1) is 6.10 Å². The summed E-state index contributed by atoms with van der Waals surface area (Å²) in [6.45, 7) is 7.30. The third kappa shape index (κ3) is 5.31. The zero-order valence-corrected chi connectivity index (χ0v) is 18.4. The second-order valence-corrected chi connectivity index (χ2v) is 8.58. The van der Waals surface area contributed by atoms with E-state index < -0.39 is 6.10 Å². The number of aliphatic hydroxyl groups is 1. The Morgan fingerprint density at radius 3 is 2.48 bits per heavy atom. The Labute approximate surface area is 184 Å². The number of para-hydroxylation sites is 1. The number of allylic oxidation sites excluding steroid dienone is 1. The van der Waals surface area contributed by atoms with Gasteiger partial charge in [0.2, 0.25) is 0 Å². The summed E-state index contributed by atoms with van der Waals surface area (Å²) in [6.07, 6.45) is 5.12. The molecule has 1 atom stereocenters. The van der Waals surface area contributed by atoms with Crippen molar-refractivity contribution in [2.75, 3.05) is 39.8 Å². The van der Waals surface area contributed by atoms with E-state index in [0.717, 1.165) is 48.2 Å². The van der Waals surface area contributed by atoms with Crippen LogP contribution in [-0.4, -0.2) is 71.1 Å². The molecule has 0 bridgehead atoms. The summed E-state index contributed by atoms with van der Waals surface area (Å²) in [4.78, 5) is 17.2. The van der Waals surface area contributed by atoms with Gasteiger partial charge in [0.1, 0.15) is 0 Å². The molecule has 2 heterocycles. The number of benzene rings is 2. The van der Waals surface area contributed by atoms with Gasteiger partial charge in [-0.3, -0.25) is 9.69 Å². The minimum absolute atomic E-state index is 0.00747. The molecular formula is C26H31N3O2. The lowest BCUT2D eigenvalue weighted by Crippen LogP contribution is -2.47. The van der Waals surface area contributed by atoms with Crippen molar-refractivity contribution in [2.24, 2.45) is 0 Å². The van der Waals surface area contributed by atoms with E-state index in [4.69, 9.17) is 0 Å². The van der Waals surface area contributed by atoms with Gasteiger partial charge in [0.25, 0.3) is 0 Å². The maximum absolute atomic E-state index is 12.6. The van der Waals surface area contributed by atoms with Crippen molar-refractivity contribution in [1.29, 1.82) is 0 Å². The Bertz CT molecular complexity index is 1060. The first-order valence-corrected chi connectivity index (χ1v) is 11.0. The highest BCUT2D eigenvalue weighted by Gasteiger charge is 2.18. The Balaban J connectivity index is 1.49. The molecule has 1 fully saturated rings. The van der Waals surface area contributed by atoms with E-state index in [1.54, 1.807) is 6.08 Å². The summed E-state index contributed by atoms with van der Waals surface area (Å²) in [5, 5.41) is 11.8. The van der Waals surface area contributed by atoms with Crippen molar-refractivity contribution in [3.8, 4) is 0 Å². The van der Waals surface area contributed by atoms with Gasteiger partial charge in [-0.2, -0.15) is 0 Å². The molecule has 0 spiro atoms. The number of β-amino-alcohol motifs (C(OH)–C–C–N with tert-alkyl or cyclic N) is 1. The molecule has 5 heteroatoms. The molecule has 162 valence electrons. The number of ketones is 1. The van der Waals surface area contributed by atoms with Gasteiger partial charge in [0, 0.05) is 67.5 Å². The standard InChI is InChI=1S/C26H31N3O2/c1-20-7-9-21(10-8-20)26(31)12-11-22-17-29(25-6-4-3-5-24(22)25)19-23(30)18-28-15-13-27(2)14-16-28/h3-12,17,23,30H,13-16,18-19H2,1-2H3/b12-11+/t23-/m1/s1. The molecule has 4 rings (SSSR count). The van der Waals surface area contributed by atoms with E-state index in [1.807, 2.05) is 55.6 Å². The van der Waals surface area contributed by atoms with Gasteiger partial charge in [-0.1, -0.05) is 48.0 Å². The Morgan fingerprint density at radius 2 is 1.74 bits per heavy atom. The number of likely N-dealkylation sites (N-methyl/N-ethyl adjacent to an activating group) is 1. The monoisotopic (exact) mass is 417 g/mol. The molecule has 2 aromatic carbocycles. The minimum atomic E-state index is -0.440. The summed E-state index contributed by atoms with van der Waals surface area (Å²) in [5.41, 5.74) is 3.89. The topological polar surface area (TPSA) is 48.7 Å². The van der Waals surface area contributed by atoms with Crippen LogP contribution in [0.5, 0.6) is 0 Å².